The summed E-state index contributed by atoms with van der Waals surface area (Å²) in [6.07, 6.45) is 0. The number of carbonyl (C=O) groups is 2. The number of rotatable bonds is 5. The van der Waals surface area contributed by atoms with Gasteiger partial charge in [0, 0.05) is 11.4 Å². The number of nitrogens with one attached hydrogen (secondary N) is 2. The minimum Gasteiger partial charge on any atom is -0.338 e. The lowest BCUT2D eigenvalue weighted by Gasteiger charge is -2.14. The Morgan fingerprint density at radius 2 is 1.76 bits per heavy atom. The average Bonchev–Trinajstić information content (AvgIpc) is 2.40. The minimum atomic E-state index is -0.494. The van der Waals surface area contributed by atoms with E-state index in [1.165, 1.54) is 11.8 Å². The van der Waals surface area contributed by atoms with E-state index in [-0.39, 0.29) is 0 Å². The van der Waals surface area contributed by atoms with Gasteiger partial charge in [-0.2, -0.15) is 0 Å². The zero-order valence-electron chi connectivity index (χ0n) is 12.1. The molecule has 0 heterocycles. The molecule has 0 saturated carbocycles. The number of thioether (sulfide) groups is 1. The Hall–Kier alpha value is -0.910. The molecule has 7 heteroatoms. The van der Waals surface area contributed by atoms with Crippen LogP contribution in [0.15, 0.2) is 23.1 Å². The van der Waals surface area contributed by atoms with E-state index < -0.39 is 17.2 Å². The van der Waals surface area contributed by atoms with Crippen molar-refractivity contribution in [3.63, 3.8) is 0 Å². The summed E-state index contributed by atoms with van der Waals surface area (Å²) in [5, 5.41) is 5.39. The van der Waals surface area contributed by atoms with Crippen LogP contribution in [-0.4, -0.2) is 23.7 Å². The van der Waals surface area contributed by atoms with Crippen LogP contribution in [0.3, 0.4) is 0 Å². The molecular weight excluding hydrogens is 331 g/mol. The van der Waals surface area contributed by atoms with Gasteiger partial charge in [0.05, 0.1) is 15.3 Å². The fraction of sp³-hybridized carbons (Fsp3) is 0.429. The first kappa shape index (κ1) is 18.1. The molecule has 0 fully saturated rings. The van der Waals surface area contributed by atoms with E-state index in [0.717, 1.165) is 0 Å². The summed E-state index contributed by atoms with van der Waals surface area (Å²) >= 11 is 13.3. The van der Waals surface area contributed by atoms with Gasteiger partial charge in [-0.15, -0.1) is 11.8 Å². The molecule has 0 radical (unpaired) electrons. The molecule has 1 rings (SSSR count). The van der Waals surface area contributed by atoms with Crippen LogP contribution in [0.2, 0.25) is 10.0 Å². The number of urea groups is 1. The normalized spacial score (nSPS) is 12.1. The Bertz CT molecular complexity index is 503. The molecule has 1 aromatic carbocycles. The molecule has 1 aromatic rings. The van der Waals surface area contributed by atoms with Crippen molar-refractivity contribution in [3.8, 4) is 0 Å². The van der Waals surface area contributed by atoms with Crippen molar-refractivity contribution >= 4 is 46.9 Å². The van der Waals surface area contributed by atoms with Crippen LogP contribution in [0.5, 0.6) is 0 Å². The average molecular weight is 349 g/mol. The van der Waals surface area contributed by atoms with Gasteiger partial charge in [-0.05, 0) is 25.0 Å². The molecule has 21 heavy (non-hydrogen) atoms. The van der Waals surface area contributed by atoms with Gasteiger partial charge >= 0.3 is 6.03 Å². The summed E-state index contributed by atoms with van der Waals surface area (Å²) in [5.41, 5.74) is 0. The van der Waals surface area contributed by atoms with Gasteiger partial charge in [0.2, 0.25) is 5.91 Å². The van der Waals surface area contributed by atoms with Crippen molar-refractivity contribution in [3.05, 3.63) is 28.2 Å². The number of amides is 3. The smallest absolute Gasteiger partial charge is 0.321 e. The summed E-state index contributed by atoms with van der Waals surface area (Å²) in [6.45, 7) is 6.15. The fourth-order valence-corrected chi connectivity index (χ4v) is 2.93. The van der Waals surface area contributed by atoms with Crippen LogP contribution < -0.4 is 10.6 Å². The van der Waals surface area contributed by atoms with Crippen molar-refractivity contribution in [1.29, 1.82) is 0 Å². The van der Waals surface area contributed by atoms with Crippen molar-refractivity contribution in [2.24, 2.45) is 5.92 Å². The molecule has 0 bridgehead atoms. The number of carbonyl (C=O) groups excluding carboxylic acids is 2. The van der Waals surface area contributed by atoms with Crippen molar-refractivity contribution < 1.29 is 9.59 Å². The molecule has 0 aromatic heterocycles. The highest BCUT2D eigenvalue weighted by molar-refractivity contribution is 8.00. The van der Waals surface area contributed by atoms with Crippen LogP contribution in [0.4, 0.5) is 4.79 Å². The first-order valence-electron chi connectivity index (χ1n) is 6.50. The third kappa shape index (κ3) is 6.16. The Morgan fingerprint density at radius 1 is 1.19 bits per heavy atom. The van der Waals surface area contributed by atoms with E-state index in [1.54, 1.807) is 25.1 Å². The number of halogens is 2. The van der Waals surface area contributed by atoms with Crippen LogP contribution >= 0.6 is 35.0 Å². The van der Waals surface area contributed by atoms with Crippen molar-refractivity contribution in [2.45, 2.75) is 30.9 Å². The summed E-state index contributed by atoms with van der Waals surface area (Å²) in [7, 11) is 0. The maximum absolute atomic E-state index is 11.9. The predicted molar refractivity (Wildman–Crippen MR) is 88.2 cm³/mol. The van der Waals surface area contributed by atoms with E-state index in [2.05, 4.69) is 10.6 Å². The van der Waals surface area contributed by atoms with E-state index in [4.69, 9.17) is 23.2 Å². The number of hydrogen-bond acceptors (Lipinski definition) is 3. The Kier molecular flexibility index (Phi) is 7.35. The number of imide groups is 1. The zero-order chi connectivity index (χ0) is 16.0. The monoisotopic (exact) mass is 348 g/mol. The molecule has 4 nitrogen and oxygen atoms in total. The van der Waals surface area contributed by atoms with Gasteiger partial charge in [-0.3, -0.25) is 10.1 Å². The quantitative estimate of drug-likeness (QED) is 0.791. The molecule has 0 saturated heterocycles. The highest BCUT2D eigenvalue weighted by atomic mass is 35.5. The van der Waals surface area contributed by atoms with Crippen LogP contribution in [0, 0.1) is 5.92 Å². The Balaban J connectivity index is 2.57. The second kappa shape index (κ2) is 8.51. The Morgan fingerprint density at radius 3 is 2.29 bits per heavy atom. The topological polar surface area (TPSA) is 58.2 Å². The third-order valence-corrected chi connectivity index (χ3v) is 4.59. The number of hydrogen-bond donors (Lipinski definition) is 2. The fourth-order valence-electron chi connectivity index (χ4n) is 1.38. The molecule has 0 aliphatic carbocycles. The van der Waals surface area contributed by atoms with E-state index in [1.807, 2.05) is 13.8 Å². The zero-order valence-corrected chi connectivity index (χ0v) is 14.4. The van der Waals surface area contributed by atoms with Gasteiger partial charge < -0.3 is 5.32 Å². The molecule has 3 amide bonds. The lowest BCUT2D eigenvalue weighted by molar-refractivity contribution is -0.119. The van der Waals surface area contributed by atoms with E-state index in [0.29, 0.717) is 27.4 Å². The summed E-state index contributed by atoms with van der Waals surface area (Å²) in [4.78, 5) is 24.1. The molecule has 2 N–H and O–H groups in total. The highest BCUT2D eigenvalue weighted by Gasteiger charge is 2.19. The van der Waals surface area contributed by atoms with Gasteiger partial charge in [0.15, 0.2) is 0 Å². The minimum absolute atomic E-state index is 0.319. The molecule has 0 spiro atoms. The van der Waals surface area contributed by atoms with E-state index >= 15 is 0 Å². The molecule has 1 unspecified atom stereocenters. The molecule has 116 valence electrons. The van der Waals surface area contributed by atoms with Crippen LogP contribution in [-0.2, 0) is 4.79 Å². The van der Waals surface area contributed by atoms with Crippen LogP contribution in [0.1, 0.15) is 20.8 Å². The maximum Gasteiger partial charge on any atom is 0.321 e. The molecular formula is C14H18Cl2N2O2S. The molecule has 0 aliphatic heterocycles. The summed E-state index contributed by atoms with van der Waals surface area (Å²) in [5.74, 6) is -0.0724. The van der Waals surface area contributed by atoms with E-state index in [9.17, 15) is 9.59 Å². The lowest BCUT2D eigenvalue weighted by Crippen LogP contribution is -2.43. The largest absolute Gasteiger partial charge is 0.338 e. The van der Waals surface area contributed by atoms with Gasteiger partial charge in [0.25, 0.3) is 0 Å². The maximum atomic E-state index is 11.9. The highest BCUT2D eigenvalue weighted by Crippen LogP contribution is 2.36. The second-order valence-corrected chi connectivity index (χ2v) is 7.07. The second-order valence-electron chi connectivity index (χ2n) is 4.90. The third-order valence-electron chi connectivity index (χ3n) is 2.49. The standard InChI is InChI=1S/C14H18Cl2N2O2S/c1-8(2)7-17-14(20)18-13(19)9(3)21-12-10(15)5-4-6-11(12)16/h4-6,8-9H,7H2,1-3H3,(H2,17,18,19,20). The van der Waals surface area contributed by atoms with Gasteiger partial charge in [-0.1, -0.05) is 43.1 Å². The lowest BCUT2D eigenvalue weighted by atomic mass is 10.2. The van der Waals surface area contributed by atoms with Crippen LogP contribution in [0.25, 0.3) is 0 Å². The first-order valence-corrected chi connectivity index (χ1v) is 8.14. The van der Waals surface area contributed by atoms with Crippen molar-refractivity contribution in [1.82, 2.24) is 10.6 Å². The predicted octanol–water partition coefficient (Wildman–Crippen LogP) is 3.96. The molecule has 0 aliphatic rings. The SMILES string of the molecule is CC(C)CNC(=O)NC(=O)C(C)Sc1c(Cl)cccc1Cl. The summed E-state index contributed by atoms with van der Waals surface area (Å²) < 4.78 is 0. The van der Waals surface area contributed by atoms with Gasteiger partial charge in [-0.25, -0.2) is 4.79 Å². The number of benzene rings is 1. The first-order chi connectivity index (χ1) is 9.81. The van der Waals surface area contributed by atoms with Gasteiger partial charge in [0.1, 0.15) is 0 Å². The summed E-state index contributed by atoms with van der Waals surface area (Å²) in [6, 6.07) is 4.65. The molecule has 1 atom stereocenters. The van der Waals surface area contributed by atoms with Crippen molar-refractivity contribution in [2.75, 3.05) is 6.54 Å². The Labute approximate surface area is 139 Å².